The quantitative estimate of drug-likeness (QED) is 0.829. The summed E-state index contributed by atoms with van der Waals surface area (Å²) in [6.45, 7) is 1.88. The van der Waals surface area contributed by atoms with Gasteiger partial charge in [0.25, 0.3) is 5.91 Å². The van der Waals surface area contributed by atoms with Crippen LogP contribution in [0.4, 0.5) is 5.69 Å². The number of amides is 1. The summed E-state index contributed by atoms with van der Waals surface area (Å²) in [5.74, 6) is -0.104. The molecule has 0 radical (unpaired) electrons. The zero-order valence-corrected chi connectivity index (χ0v) is 13.6. The van der Waals surface area contributed by atoms with Crippen LogP contribution in [0.25, 0.3) is 0 Å². The van der Waals surface area contributed by atoms with Gasteiger partial charge in [0.2, 0.25) is 0 Å². The average molecular weight is 345 g/mol. The monoisotopic (exact) mass is 343 g/mol. The third-order valence-electron chi connectivity index (χ3n) is 2.89. The van der Waals surface area contributed by atoms with Crippen molar-refractivity contribution in [1.82, 2.24) is 0 Å². The van der Waals surface area contributed by atoms with Gasteiger partial charge in [0.1, 0.15) is 5.75 Å². The molecule has 0 atom stereocenters. The van der Waals surface area contributed by atoms with E-state index in [0.717, 1.165) is 5.56 Å². The van der Waals surface area contributed by atoms with Crippen LogP contribution in [0.15, 0.2) is 30.3 Å². The molecule has 110 valence electrons. The molecular formula is C15H12Cl3NO2. The summed E-state index contributed by atoms with van der Waals surface area (Å²) >= 11 is 18.0. The van der Waals surface area contributed by atoms with Gasteiger partial charge in [-0.15, -0.1) is 0 Å². The third kappa shape index (κ3) is 3.62. The highest BCUT2D eigenvalue weighted by Crippen LogP contribution is 2.32. The summed E-state index contributed by atoms with van der Waals surface area (Å²) in [4.78, 5) is 12.3. The molecule has 21 heavy (non-hydrogen) atoms. The fourth-order valence-electron chi connectivity index (χ4n) is 1.81. The molecule has 0 aliphatic rings. The topological polar surface area (TPSA) is 38.3 Å². The Bertz CT molecular complexity index is 702. The largest absolute Gasteiger partial charge is 0.494 e. The summed E-state index contributed by atoms with van der Waals surface area (Å²) in [6, 6.07) is 8.27. The second kappa shape index (κ2) is 6.56. The lowest BCUT2D eigenvalue weighted by molar-refractivity contribution is 0.102. The Morgan fingerprint density at radius 2 is 1.81 bits per heavy atom. The van der Waals surface area contributed by atoms with Crippen molar-refractivity contribution < 1.29 is 9.53 Å². The lowest BCUT2D eigenvalue weighted by Crippen LogP contribution is -2.13. The van der Waals surface area contributed by atoms with Crippen molar-refractivity contribution in [2.75, 3.05) is 12.4 Å². The first-order valence-corrected chi connectivity index (χ1v) is 7.16. The smallest absolute Gasteiger partial charge is 0.259 e. The number of hydrogen-bond acceptors (Lipinski definition) is 2. The number of benzene rings is 2. The number of ether oxygens (including phenoxy) is 1. The second-order valence-electron chi connectivity index (χ2n) is 4.39. The van der Waals surface area contributed by atoms with Crippen LogP contribution in [-0.2, 0) is 0 Å². The summed E-state index contributed by atoms with van der Waals surface area (Å²) in [7, 11) is 1.44. The zero-order valence-electron chi connectivity index (χ0n) is 11.3. The van der Waals surface area contributed by atoms with E-state index < -0.39 is 0 Å². The predicted molar refractivity (Wildman–Crippen MR) is 87.2 cm³/mol. The Kier molecular flexibility index (Phi) is 4.99. The standard InChI is InChI=1S/C15H12Cl3NO2/c1-8-3-4-10(7-12(8)17)19-15(20)11-5-9(16)6-13(18)14(11)21-2/h3-7H,1-2H3,(H,19,20). The first-order valence-electron chi connectivity index (χ1n) is 6.03. The molecule has 0 saturated heterocycles. The Hall–Kier alpha value is -1.42. The van der Waals surface area contributed by atoms with E-state index in [-0.39, 0.29) is 22.2 Å². The summed E-state index contributed by atoms with van der Waals surface area (Å²) in [5.41, 5.74) is 1.76. The number of halogens is 3. The minimum Gasteiger partial charge on any atom is -0.494 e. The van der Waals surface area contributed by atoms with Crippen molar-refractivity contribution in [3.8, 4) is 5.75 Å². The molecule has 0 aromatic heterocycles. The van der Waals surface area contributed by atoms with Gasteiger partial charge in [0.05, 0.1) is 17.7 Å². The van der Waals surface area contributed by atoms with Gasteiger partial charge in [0.15, 0.2) is 0 Å². The lowest BCUT2D eigenvalue weighted by Gasteiger charge is -2.12. The van der Waals surface area contributed by atoms with E-state index >= 15 is 0 Å². The van der Waals surface area contributed by atoms with E-state index in [1.807, 2.05) is 13.0 Å². The van der Waals surface area contributed by atoms with Crippen molar-refractivity contribution in [3.05, 3.63) is 56.5 Å². The molecule has 2 aromatic carbocycles. The summed E-state index contributed by atoms with van der Waals surface area (Å²) < 4.78 is 5.16. The fraction of sp³-hybridized carbons (Fsp3) is 0.133. The molecule has 2 rings (SSSR count). The van der Waals surface area contributed by atoms with Gasteiger partial charge in [-0.1, -0.05) is 40.9 Å². The van der Waals surface area contributed by atoms with E-state index in [9.17, 15) is 4.79 Å². The average Bonchev–Trinajstić information content (AvgIpc) is 2.42. The van der Waals surface area contributed by atoms with Crippen molar-refractivity contribution in [1.29, 1.82) is 0 Å². The summed E-state index contributed by atoms with van der Waals surface area (Å²) in [5, 5.41) is 3.94. The van der Waals surface area contributed by atoms with Crippen LogP contribution in [0.3, 0.4) is 0 Å². The van der Waals surface area contributed by atoms with Crippen molar-refractivity contribution in [3.63, 3.8) is 0 Å². The Balaban J connectivity index is 2.34. The van der Waals surface area contributed by atoms with Crippen molar-refractivity contribution in [2.24, 2.45) is 0 Å². The Labute approximate surface area is 137 Å². The highest BCUT2D eigenvalue weighted by atomic mass is 35.5. The van der Waals surface area contributed by atoms with Gasteiger partial charge in [-0.2, -0.15) is 0 Å². The summed E-state index contributed by atoms with van der Waals surface area (Å²) in [6.07, 6.45) is 0. The minimum atomic E-state index is -0.379. The van der Waals surface area contributed by atoms with Gasteiger partial charge in [-0.3, -0.25) is 4.79 Å². The predicted octanol–water partition coefficient (Wildman–Crippen LogP) is 5.22. The number of anilines is 1. The molecular weight excluding hydrogens is 333 g/mol. The zero-order chi connectivity index (χ0) is 15.6. The van der Waals surface area contributed by atoms with E-state index in [4.69, 9.17) is 39.5 Å². The van der Waals surface area contributed by atoms with Crippen LogP contribution in [0.2, 0.25) is 15.1 Å². The maximum atomic E-state index is 12.3. The highest BCUT2D eigenvalue weighted by molar-refractivity contribution is 6.36. The fourth-order valence-corrected chi connectivity index (χ4v) is 2.56. The Morgan fingerprint density at radius 3 is 2.43 bits per heavy atom. The van der Waals surface area contributed by atoms with Gasteiger partial charge in [-0.25, -0.2) is 0 Å². The van der Waals surface area contributed by atoms with E-state index in [2.05, 4.69) is 5.32 Å². The highest BCUT2D eigenvalue weighted by Gasteiger charge is 2.17. The van der Waals surface area contributed by atoms with Crippen LogP contribution in [0, 0.1) is 6.92 Å². The van der Waals surface area contributed by atoms with E-state index in [1.54, 1.807) is 12.1 Å². The number of rotatable bonds is 3. The molecule has 0 fully saturated rings. The maximum Gasteiger partial charge on any atom is 0.259 e. The number of carbonyl (C=O) groups is 1. The third-order valence-corrected chi connectivity index (χ3v) is 3.79. The number of methoxy groups -OCH3 is 1. The van der Waals surface area contributed by atoms with Crippen molar-refractivity contribution >= 4 is 46.4 Å². The van der Waals surface area contributed by atoms with Crippen LogP contribution in [-0.4, -0.2) is 13.0 Å². The van der Waals surface area contributed by atoms with E-state index in [1.165, 1.54) is 19.2 Å². The molecule has 0 heterocycles. The molecule has 0 aliphatic heterocycles. The molecule has 0 bridgehead atoms. The van der Waals surface area contributed by atoms with Gasteiger partial charge in [0, 0.05) is 15.7 Å². The first-order chi connectivity index (χ1) is 9.92. The normalized spacial score (nSPS) is 10.3. The SMILES string of the molecule is COc1c(Cl)cc(Cl)cc1C(=O)Nc1ccc(C)c(Cl)c1. The molecule has 1 amide bonds. The lowest BCUT2D eigenvalue weighted by atomic mass is 10.1. The van der Waals surface area contributed by atoms with Crippen LogP contribution in [0.5, 0.6) is 5.75 Å². The van der Waals surface area contributed by atoms with Gasteiger partial charge >= 0.3 is 0 Å². The first kappa shape index (κ1) is 16.0. The molecule has 1 N–H and O–H groups in total. The number of carbonyl (C=O) groups excluding carboxylic acids is 1. The molecule has 6 heteroatoms. The van der Waals surface area contributed by atoms with E-state index in [0.29, 0.717) is 15.7 Å². The molecule has 0 saturated carbocycles. The maximum absolute atomic E-state index is 12.3. The number of hydrogen-bond donors (Lipinski definition) is 1. The molecule has 3 nitrogen and oxygen atoms in total. The molecule has 0 spiro atoms. The Morgan fingerprint density at radius 1 is 1.10 bits per heavy atom. The van der Waals surface area contributed by atoms with Crippen molar-refractivity contribution in [2.45, 2.75) is 6.92 Å². The molecule has 0 unspecified atom stereocenters. The second-order valence-corrected chi connectivity index (χ2v) is 5.64. The van der Waals surface area contributed by atoms with Gasteiger partial charge < -0.3 is 10.1 Å². The van der Waals surface area contributed by atoms with Crippen LogP contribution >= 0.6 is 34.8 Å². The van der Waals surface area contributed by atoms with Gasteiger partial charge in [-0.05, 0) is 36.8 Å². The minimum absolute atomic E-state index is 0.256. The van der Waals surface area contributed by atoms with Crippen LogP contribution in [0.1, 0.15) is 15.9 Å². The number of aryl methyl sites for hydroxylation is 1. The van der Waals surface area contributed by atoms with Crippen LogP contribution < -0.4 is 10.1 Å². The molecule has 2 aromatic rings. The molecule has 0 aliphatic carbocycles. The number of nitrogens with one attached hydrogen (secondary N) is 1.